The Morgan fingerprint density at radius 1 is 1.48 bits per heavy atom. The first-order chi connectivity index (χ1) is 10.2. The second-order valence-electron chi connectivity index (χ2n) is 5.01. The van der Waals surface area contributed by atoms with Gasteiger partial charge in [0.25, 0.3) is 0 Å². The predicted molar refractivity (Wildman–Crippen MR) is 75.9 cm³/mol. The number of nitrogens with zero attached hydrogens (tertiary/aromatic N) is 4. The van der Waals surface area contributed by atoms with Crippen LogP contribution in [-0.4, -0.2) is 57.2 Å². The zero-order valence-corrected chi connectivity index (χ0v) is 12.6. The minimum Gasteiger partial charge on any atom is -0.453 e. The van der Waals surface area contributed by atoms with Gasteiger partial charge >= 0.3 is 0 Å². The summed E-state index contributed by atoms with van der Waals surface area (Å²) < 4.78 is 13.0. The van der Waals surface area contributed by atoms with Crippen LogP contribution in [0.4, 0.5) is 0 Å². The van der Waals surface area contributed by atoms with Crippen molar-refractivity contribution in [1.29, 1.82) is 0 Å². The lowest BCUT2D eigenvalue weighted by Crippen LogP contribution is -2.32. The smallest absolute Gasteiger partial charge is 0.198 e. The highest BCUT2D eigenvalue weighted by Gasteiger charge is 2.18. The summed E-state index contributed by atoms with van der Waals surface area (Å²) in [6.45, 7) is 3.11. The number of hydrogen-bond donors (Lipinski definition) is 1. The molecule has 3 rings (SSSR count). The lowest BCUT2D eigenvalue weighted by Gasteiger charge is -2.19. The van der Waals surface area contributed by atoms with Gasteiger partial charge in [-0.1, -0.05) is 0 Å². The molecule has 8 heteroatoms. The molecule has 0 amide bonds. The van der Waals surface area contributed by atoms with E-state index in [0.29, 0.717) is 26.3 Å². The molecule has 1 N–H and O–H groups in total. The molecule has 2 aromatic rings. The lowest BCUT2D eigenvalue weighted by atomic mass is 10.3. The van der Waals surface area contributed by atoms with Gasteiger partial charge in [-0.25, -0.2) is 0 Å². The Bertz CT molecular complexity index is 585. The molecular formula is C13H18N4O3S. The number of β-amino-alcohol motifs (C(OH)–C–C–N with tert-alkyl or cyclic N) is 1. The van der Waals surface area contributed by atoms with Crippen molar-refractivity contribution in [1.82, 2.24) is 19.7 Å². The molecule has 0 radical (unpaired) electrons. The number of ether oxygens (including phenoxy) is 1. The third-order valence-corrected chi connectivity index (χ3v) is 4.18. The molecule has 1 aliphatic rings. The van der Waals surface area contributed by atoms with E-state index >= 15 is 0 Å². The van der Waals surface area contributed by atoms with Crippen LogP contribution in [0.2, 0.25) is 0 Å². The lowest BCUT2D eigenvalue weighted by molar-refractivity contribution is 0.0559. The fraction of sp³-hybridized carbons (Fsp3) is 0.538. The van der Waals surface area contributed by atoms with Crippen molar-refractivity contribution in [2.45, 2.75) is 22.9 Å². The van der Waals surface area contributed by atoms with Crippen molar-refractivity contribution in [2.75, 3.05) is 26.3 Å². The third-order valence-electron chi connectivity index (χ3n) is 3.21. The van der Waals surface area contributed by atoms with Gasteiger partial charge in [0.1, 0.15) is 12.1 Å². The predicted octanol–water partition coefficient (Wildman–Crippen LogP) is 0.752. The number of hydrogen-bond acceptors (Lipinski definition) is 7. The molecule has 0 unspecified atom stereocenters. The summed E-state index contributed by atoms with van der Waals surface area (Å²) in [5.41, 5.74) is 0. The van der Waals surface area contributed by atoms with Crippen molar-refractivity contribution in [2.24, 2.45) is 7.05 Å². The second kappa shape index (κ2) is 6.61. The van der Waals surface area contributed by atoms with Gasteiger partial charge in [0.15, 0.2) is 10.2 Å². The highest BCUT2D eigenvalue weighted by molar-refractivity contribution is 7.99. The van der Waals surface area contributed by atoms with Crippen LogP contribution in [0.25, 0.3) is 0 Å². The van der Waals surface area contributed by atoms with E-state index in [-0.39, 0.29) is 0 Å². The molecule has 1 fully saturated rings. The summed E-state index contributed by atoms with van der Waals surface area (Å²) in [7, 11) is 1.89. The van der Waals surface area contributed by atoms with Crippen LogP contribution in [-0.2, 0) is 18.3 Å². The fourth-order valence-electron chi connectivity index (χ4n) is 2.17. The summed E-state index contributed by atoms with van der Waals surface area (Å²) >= 11 is 1.44. The SMILES string of the molecule is Cn1cnnc1Sc1ccc(CN2CCOC[C@H](O)C2)o1. The molecule has 7 nitrogen and oxygen atoms in total. The van der Waals surface area contributed by atoms with Gasteiger partial charge < -0.3 is 18.8 Å². The van der Waals surface area contributed by atoms with E-state index < -0.39 is 6.10 Å². The maximum absolute atomic E-state index is 9.73. The van der Waals surface area contributed by atoms with E-state index in [4.69, 9.17) is 9.15 Å². The number of aliphatic hydroxyl groups is 1. The van der Waals surface area contributed by atoms with Crippen molar-refractivity contribution in [3.05, 3.63) is 24.2 Å². The van der Waals surface area contributed by atoms with E-state index in [1.165, 1.54) is 11.8 Å². The number of aliphatic hydroxyl groups excluding tert-OH is 1. The Balaban J connectivity index is 1.61. The maximum Gasteiger partial charge on any atom is 0.198 e. The van der Waals surface area contributed by atoms with Gasteiger partial charge in [-0.3, -0.25) is 4.90 Å². The molecule has 1 saturated heterocycles. The summed E-state index contributed by atoms with van der Waals surface area (Å²) in [5, 5.41) is 19.1. The molecule has 0 spiro atoms. The zero-order valence-electron chi connectivity index (χ0n) is 11.8. The first kappa shape index (κ1) is 14.6. The minimum absolute atomic E-state index is 0.405. The van der Waals surface area contributed by atoms with Gasteiger partial charge in [-0.15, -0.1) is 10.2 Å². The molecule has 0 aliphatic carbocycles. The number of furan rings is 1. The van der Waals surface area contributed by atoms with Crippen LogP contribution in [0.1, 0.15) is 5.76 Å². The summed E-state index contributed by atoms with van der Waals surface area (Å²) in [6.07, 6.45) is 1.22. The zero-order chi connectivity index (χ0) is 14.7. The Morgan fingerprint density at radius 3 is 3.19 bits per heavy atom. The standard InChI is InChI=1S/C13H18N4O3S/c1-16-9-14-15-13(16)21-12-3-2-11(20-12)7-17-4-5-19-8-10(18)6-17/h2-3,9-10,18H,4-8H2,1H3/t10-/m1/s1. The number of rotatable bonds is 4. The molecular weight excluding hydrogens is 292 g/mol. The normalized spacial score (nSPS) is 20.6. The van der Waals surface area contributed by atoms with Crippen molar-refractivity contribution in [3.63, 3.8) is 0 Å². The van der Waals surface area contributed by atoms with E-state index in [1.807, 2.05) is 23.7 Å². The molecule has 1 aliphatic heterocycles. The molecule has 114 valence electrons. The third kappa shape index (κ3) is 3.85. The average Bonchev–Trinajstić information content (AvgIpc) is 2.99. The van der Waals surface area contributed by atoms with Gasteiger partial charge in [0, 0.05) is 20.1 Å². The van der Waals surface area contributed by atoms with E-state index in [2.05, 4.69) is 15.1 Å². The second-order valence-corrected chi connectivity index (χ2v) is 5.98. The van der Waals surface area contributed by atoms with Crippen LogP contribution in [0.15, 0.2) is 33.1 Å². The first-order valence-corrected chi connectivity index (χ1v) is 7.61. The van der Waals surface area contributed by atoms with Crippen LogP contribution in [0.3, 0.4) is 0 Å². The largest absolute Gasteiger partial charge is 0.453 e. The Morgan fingerprint density at radius 2 is 2.38 bits per heavy atom. The van der Waals surface area contributed by atoms with Crippen LogP contribution in [0, 0.1) is 0 Å². The molecule has 0 aromatic carbocycles. The fourth-order valence-corrected chi connectivity index (χ4v) is 2.92. The minimum atomic E-state index is -0.435. The molecule has 0 saturated carbocycles. The van der Waals surface area contributed by atoms with Crippen molar-refractivity contribution < 1.29 is 14.3 Å². The van der Waals surface area contributed by atoms with Crippen LogP contribution >= 0.6 is 11.8 Å². The topological polar surface area (TPSA) is 76.6 Å². The van der Waals surface area contributed by atoms with E-state index in [9.17, 15) is 5.11 Å². The maximum atomic E-state index is 9.73. The van der Waals surface area contributed by atoms with Gasteiger partial charge in [0.05, 0.1) is 25.9 Å². The van der Waals surface area contributed by atoms with Crippen molar-refractivity contribution in [3.8, 4) is 0 Å². The molecule has 3 heterocycles. The molecule has 2 aromatic heterocycles. The summed E-state index contributed by atoms with van der Waals surface area (Å²) in [6, 6.07) is 3.89. The quantitative estimate of drug-likeness (QED) is 0.893. The van der Waals surface area contributed by atoms with E-state index in [1.54, 1.807) is 6.33 Å². The Hall–Kier alpha value is -1.35. The highest BCUT2D eigenvalue weighted by atomic mass is 32.2. The number of aromatic nitrogens is 3. The summed E-state index contributed by atoms with van der Waals surface area (Å²) in [4.78, 5) is 2.13. The van der Waals surface area contributed by atoms with Crippen molar-refractivity contribution >= 4 is 11.8 Å². The van der Waals surface area contributed by atoms with Crippen LogP contribution in [0.5, 0.6) is 0 Å². The monoisotopic (exact) mass is 310 g/mol. The molecule has 21 heavy (non-hydrogen) atoms. The van der Waals surface area contributed by atoms with Gasteiger partial charge in [0.2, 0.25) is 0 Å². The summed E-state index contributed by atoms with van der Waals surface area (Å²) in [5.74, 6) is 0.869. The molecule has 0 bridgehead atoms. The van der Waals surface area contributed by atoms with E-state index in [0.717, 1.165) is 22.6 Å². The Kier molecular flexibility index (Phi) is 4.59. The van der Waals surface area contributed by atoms with Gasteiger partial charge in [-0.2, -0.15) is 0 Å². The number of aryl methyl sites for hydroxylation is 1. The van der Waals surface area contributed by atoms with Crippen LogP contribution < -0.4 is 0 Å². The van der Waals surface area contributed by atoms with Gasteiger partial charge in [-0.05, 0) is 23.9 Å². The highest BCUT2D eigenvalue weighted by Crippen LogP contribution is 2.27. The first-order valence-electron chi connectivity index (χ1n) is 6.79. The average molecular weight is 310 g/mol. The Labute approximate surface area is 126 Å². The molecule has 1 atom stereocenters.